The summed E-state index contributed by atoms with van der Waals surface area (Å²) in [4.78, 5) is 68.1. The number of carbonyl (C=O) groups excluding carboxylic acids is 4. The van der Waals surface area contributed by atoms with Crippen molar-refractivity contribution >= 4 is 100 Å². The van der Waals surface area contributed by atoms with Crippen molar-refractivity contribution in [1.82, 2.24) is 9.80 Å². The zero-order valence-electron chi connectivity index (χ0n) is 26.7. The third-order valence-corrected chi connectivity index (χ3v) is 13.3. The topological polar surface area (TPSA) is 128 Å². The molecule has 0 saturated carbocycles. The quantitative estimate of drug-likeness (QED) is 0.230. The number of nitrogens with zero attached hydrogens (tertiary/aromatic N) is 6. The fourth-order valence-electron chi connectivity index (χ4n) is 6.53. The number of imide groups is 2. The molecule has 0 saturated heterocycles. The van der Waals surface area contributed by atoms with Crippen LogP contribution in [0.2, 0.25) is 0 Å². The summed E-state index contributed by atoms with van der Waals surface area (Å²) >= 11 is 5.09. The van der Waals surface area contributed by atoms with E-state index in [1.165, 1.54) is 23.5 Å². The first-order valence-corrected chi connectivity index (χ1v) is 17.0. The van der Waals surface area contributed by atoms with E-state index in [4.69, 9.17) is 16.6 Å². The number of nitriles is 1. The van der Waals surface area contributed by atoms with Gasteiger partial charge < -0.3 is 0 Å². The summed E-state index contributed by atoms with van der Waals surface area (Å²) in [5, 5.41) is 9.57. The molecule has 5 heterocycles. The van der Waals surface area contributed by atoms with Gasteiger partial charge in [0.15, 0.2) is 0 Å². The molecule has 0 spiro atoms. The Kier molecular flexibility index (Phi) is 6.45. The first-order chi connectivity index (χ1) is 22.1. The van der Waals surface area contributed by atoms with Gasteiger partial charge in [-0.1, -0.05) is 27.7 Å². The normalized spacial score (nSPS) is 22.2. The first-order valence-electron chi connectivity index (χ1n) is 14.6. The summed E-state index contributed by atoms with van der Waals surface area (Å²) in [6.07, 6.45) is 4.01. The van der Waals surface area contributed by atoms with Crippen LogP contribution >= 0.6 is 34.0 Å². The number of amides is 4. The minimum absolute atomic E-state index is 0.0844. The molecule has 0 N–H and O–H groups in total. The molecule has 234 valence electrons. The number of rotatable bonds is 2. The van der Waals surface area contributed by atoms with Gasteiger partial charge >= 0.3 is 0 Å². The second-order valence-corrected chi connectivity index (χ2v) is 16.0. The van der Waals surface area contributed by atoms with Crippen LogP contribution in [0.25, 0.3) is 35.8 Å². The number of hydrogen-bond donors (Lipinski definition) is 0. The second kappa shape index (κ2) is 9.84. The van der Waals surface area contributed by atoms with Crippen LogP contribution in [0.5, 0.6) is 0 Å². The Bertz CT molecular complexity index is 2240. The summed E-state index contributed by atoms with van der Waals surface area (Å²) in [6, 6.07) is 1.93. The number of hydrogen-bond acceptors (Lipinski definition) is 10. The molecule has 4 amide bonds. The van der Waals surface area contributed by atoms with Gasteiger partial charge in [-0.15, -0.1) is 34.0 Å². The number of aliphatic imine (C=N–C) groups is 2. The number of carbonyl (C=O) groups is 4. The van der Waals surface area contributed by atoms with Crippen molar-refractivity contribution in [1.29, 1.82) is 5.26 Å². The molecule has 4 aliphatic rings. The average molecular weight is 679 g/mol. The molecule has 0 aromatic carbocycles. The Hall–Kier alpha value is -4.82. The SMILES string of the molecule is [C-]#[N+]C1=C(C)C(=NC2=Cc3sc4c(sc5c6c(sc54)C=C(N=C4C(=O)N(C)C(=O)C(C#N)=C4C)C6(C)C)c3C2(C)C)C(=O)N(C)C1=O. The molecule has 0 radical (unpaired) electrons. The minimum atomic E-state index is -0.625. The van der Waals surface area contributed by atoms with Crippen LogP contribution in [0.15, 0.2) is 43.8 Å². The maximum absolute atomic E-state index is 13.1. The summed E-state index contributed by atoms with van der Waals surface area (Å²) in [6.45, 7) is 18.9. The van der Waals surface area contributed by atoms with Gasteiger partial charge in [-0.3, -0.25) is 29.0 Å². The molecular formula is C34H26N6O4S3. The molecule has 13 heteroatoms. The van der Waals surface area contributed by atoms with Crippen molar-refractivity contribution in [2.45, 2.75) is 52.4 Å². The van der Waals surface area contributed by atoms with Gasteiger partial charge in [0, 0.05) is 40.3 Å². The highest BCUT2D eigenvalue weighted by Gasteiger charge is 2.44. The van der Waals surface area contributed by atoms with Gasteiger partial charge in [0.2, 0.25) is 0 Å². The van der Waals surface area contributed by atoms with Crippen molar-refractivity contribution in [3.63, 3.8) is 0 Å². The van der Waals surface area contributed by atoms with E-state index >= 15 is 0 Å². The van der Waals surface area contributed by atoms with E-state index in [2.05, 4.69) is 32.5 Å². The Balaban J connectivity index is 1.32. The van der Waals surface area contributed by atoms with E-state index in [1.54, 1.807) is 47.9 Å². The highest BCUT2D eigenvalue weighted by atomic mass is 32.1. The molecule has 47 heavy (non-hydrogen) atoms. The zero-order chi connectivity index (χ0) is 34.1. The van der Waals surface area contributed by atoms with Crippen molar-refractivity contribution < 1.29 is 19.2 Å². The summed E-state index contributed by atoms with van der Waals surface area (Å²) in [7, 11) is 2.72. The Morgan fingerprint density at radius 3 is 1.62 bits per heavy atom. The number of fused-ring (bicyclic) bond motifs is 7. The maximum Gasteiger partial charge on any atom is 0.279 e. The van der Waals surface area contributed by atoms with Gasteiger partial charge in [-0.25, -0.2) is 14.8 Å². The van der Waals surface area contributed by atoms with Crippen LogP contribution in [0.3, 0.4) is 0 Å². The van der Waals surface area contributed by atoms with Crippen molar-refractivity contribution in [3.8, 4) is 6.07 Å². The summed E-state index contributed by atoms with van der Waals surface area (Å²) < 4.78 is 4.68. The number of allylic oxidation sites excluding steroid dienone is 2. The number of thiophene rings is 3. The van der Waals surface area contributed by atoms with Crippen LogP contribution in [-0.4, -0.2) is 58.9 Å². The molecule has 0 unspecified atom stereocenters. The third kappa shape index (κ3) is 3.91. The van der Waals surface area contributed by atoms with Gasteiger partial charge in [0.05, 0.1) is 36.8 Å². The van der Waals surface area contributed by atoms with E-state index in [0.29, 0.717) is 11.4 Å². The minimum Gasteiger partial charge on any atom is -0.286 e. The zero-order valence-corrected chi connectivity index (χ0v) is 29.1. The molecule has 3 aromatic rings. The fourth-order valence-corrected chi connectivity index (χ4v) is 11.5. The highest BCUT2D eigenvalue weighted by Crippen LogP contribution is 2.59. The van der Waals surface area contributed by atoms with Crippen LogP contribution in [0.1, 0.15) is 62.4 Å². The molecule has 2 aliphatic carbocycles. The van der Waals surface area contributed by atoms with Crippen LogP contribution in [-0.2, 0) is 30.0 Å². The van der Waals surface area contributed by atoms with Gasteiger partial charge in [-0.05, 0) is 42.7 Å². The average Bonchev–Trinajstić information content (AvgIpc) is 3.75. The molecule has 10 nitrogen and oxygen atoms in total. The smallest absolute Gasteiger partial charge is 0.279 e. The van der Waals surface area contributed by atoms with E-state index in [-0.39, 0.29) is 33.8 Å². The largest absolute Gasteiger partial charge is 0.286 e. The predicted molar refractivity (Wildman–Crippen MR) is 185 cm³/mol. The predicted octanol–water partition coefficient (Wildman–Crippen LogP) is 6.35. The standard InChI is InChI=1S/C34H26N6O4S3/c1-13-15(12-35)29(41)39(8)31(43)23(13)37-18-10-16-20(33(18,3)4)25-27(45-16)28-26(47-25)21-17(46-28)11-19(34(21,5)6)38-24-14(2)22(36-7)30(42)40(9)32(24)44/h10-11H,1-6,8-9H3. The molecule has 0 bridgehead atoms. The summed E-state index contributed by atoms with van der Waals surface area (Å²) in [5.74, 6) is -2.30. The van der Waals surface area contributed by atoms with E-state index in [0.717, 1.165) is 40.1 Å². The Labute approximate surface area is 281 Å². The molecular weight excluding hydrogens is 653 g/mol. The molecule has 0 atom stereocenters. The molecule has 7 rings (SSSR count). The van der Waals surface area contributed by atoms with Crippen molar-refractivity contribution in [2.75, 3.05) is 14.1 Å². The lowest BCUT2D eigenvalue weighted by atomic mass is 9.85. The van der Waals surface area contributed by atoms with Gasteiger partial charge in [0.25, 0.3) is 29.3 Å². The third-order valence-electron chi connectivity index (χ3n) is 9.43. The van der Waals surface area contributed by atoms with Gasteiger partial charge in [0.1, 0.15) is 23.1 Å². The maximum atomic E-state index is 13.1. The number of likely N-dealkylation sites (N-methyl/N-ethyl adjacent to an activating group) is 2. The molecule has 2 aliphatic heterocycles. The Morgan fingerprint density at radius 1 is 0.723 bits per heavy atom. The monoisotopic (exact) mass is 678 g/mol. The lowest BCUT2D eigenvalue weighted by Gasteiger charge is -2.26. The van der Waals surface area contributed by atoms with Crippen LogP contribution in [0, 0.1) is 17.9 Å². The fraction of sp³-hybridized carbons (Fsp3) is 0.294. The van der Waals surface area contributed by atoms with E-state index in [1.807, 2.05) is 18.2 Å². The highest BCUT2D eigenvalue weighted by molar-refractivity contribution is 7.39. The summed E-state index contributed by atoms with van der Waals surface area (Å²) in [5.41, 5.74) is 3.13. The van der Waals surface area contributed by atoms with Gasteiger partial charge in [-0.2, -0.15) is 5.26 Å². The van der Waals surface area contributed by atoms with E-state index in [9.17, 15) is 24.4 Å². The van der Waals surface area contributed by atoms with Crippen molar-refractivity contribution in [2.24, 2.45) is 9.98 Å². The van der Waals surface area contributed by atoms with E-state index < -0.39 is 34.5 Å². The lowest BCUT2D eigenvalue weighted by molar-refractivity contribution is -0.138. The lowest BCUT2D eigenvalue weighted by Crippen LogP contribution is -2.44. The molecule has 0 fully saturated rings. The Morgan fingerprint density at radius 2 is 1.17 bits per heavy atom. The molecule has 3 aromatic heterocycles. The van der Waals surface area contributed by atoms with Crippen LogP contribution in [0.4, 0.5) is 0 Å². The second-order valence-electron chi connectivity index (χ2n) is 12.9. The first kappa shape index (κ1) is 30.8. The van der Waals surface area contributed by atoms with Crippen LogP contribution < -0.4 is 0 Å². The van der Waals surface area contributed by atoms with Crippen molar-refractivity contribution in [3.05, 3.63) is 66.1 Å².